The third-order valence-corrected chi connectivity index (χ3v) is 5.76. The van der Waals surface area contributed by atoms with Crippen molar-refractivity contribution in [3.05, 3.63) is 0 Å². The number of amides is 1. The Labute approximate surface area is 139 Å². The van der Waals surface area contributed by atoms with E-state index in [4.69, 9.17) is 4.74 Å². The summed E-state index contributed by atoms with van der Waals surface area (Å²) >= 11 is 0. The molecular weight excluding hydrogens is 304 g/mol. The molecule has 1 amide bonds. The van der Waals surface area contributed by atoms with Crippen LogP contribution in [0.5, 0.6) is 0 Å². The van der Waals surface area contributed by atoms with Crippen LogP contribution in [0, 0.1) is 11.3 Å². The molecule has 3 fully saturated rings. The third kappa shape index (κ3) is 3.14. The lowest BCUT2D eigenvalue weighted by atomic mass is 9.58. The van der Waals surface area contributed by atoms with E-state index >= 15 is 0 Å². The topological polar surface area (TPSA) is 61.8 Å². The first kappa shape index (κ1) is 18.0. The summed E-state index contributed by atoms with van der Waals surface area (Å²) in [5.41, 5.74) is -0.0857. The van der Waals surface area contributed by atoms with Crippen LogP contribution in [0.4, 0.5) is 0 Å². The zero-order valence-electron chi connectivity index (χ0n) is 13.4. The molecule has 1 spiro atoms. The van der Waals surface area contributed by atoms with Crippen LogP contribution in [0.1, 0.15) is 39.0 Å². The van der Waals surface area contributed by atoms with Crippen LogP contribution >= 0.6 is 12.4 Å². The van der Waals surface area contributed by atoms with E-state index in [1.54, 1.807) is 0 Å². The Hall–Kier alpha value is -0.360. The Balaban J connectivity index is 0.00000176. The molecule has 3 aliphatic rings. The van der Waals surface area contributed by atoms with Crippen LogP contribution in [-0.4, -0.2) is 60.9 Å². The Kier molecular flexibility index (Phi) is 6.11. The predicted molar refractivity (Wildman–Crippen MR) is 87.1 cm³/mol. The largest absolute Gasteiger partial charge is 0.392 e. The van der Waals surface area contributed by atoms with Gasteiger partial charge in [-0.15, -0.1) is 12.4 Å². The van der Waals surface area contributed by atoms with E-state index in [2.05, 4.69) is 5.32 Å². The standard InChI is InChI=1S/C16H28N2O3.ClH/c1-2-21-14-10-13(19)16(14)5-8-18(9-6-16)15(20)12-4-3-7-17-11-12;/h12-14,17,19H,2-11H2,1H3;1H. The van der Waals surface area contributed by atoms with E-state index in [1.807, 2.05) is 11.8 Å². The number of hydrogen-bond donors (Lipinski definition) is 2. The lowest BCUT2D eigenvalue weighted by Gasteiger charge is -2.56. The lowest BCUT2D eigenvalue weighted by Crippen LogP contribution is -2.63. The summed E-state index contributed by atoms with van der Waals surface area (Å²) in [7, 11) is 0. The maximum Gasteiger partial charge on any atom is 0.226 e. The monoisotopic (exact) mass is 332 g/mol. The van der Waals surface area contributed by atoms with Gasteiger partial charge in [-0.3, -0.25) is 4.79 Å². The van der Waals surface area contributed by atoms with Crippen molar-refractivity contribution in [3.63, 3.8) is 0 Å². The Morgan fingerprint density at radius 2 is 2.14 bits per heavy atom. The first-order valence-corrected chi connectivity index (χ1v) is 8.46. The van der Waals surface area contributed by atoms with E-state index < -0.39 is 0 Å². The number of ether oxygens (including phenoxy) is 1. The van der Waals surface area contributed by atoms with Gasteiger partial charge in [0.1, 0.15) is 0 Å². The minimum atomic E-state index is -0.248. The van der Waals surface area contributed by atoms with Crippen molar-refractivity contribution in [2.45, 2.75) is 51.2 Å². The maximum absolute atomic E-state index is 12.6. The molecule has 2 saturated heterocycles. The van der Waals surface area contributed by atoms with Gasteiger partial charge in [-0.05, 0) is 39.2 Å². The fourth-order valence-corrected chi connectivity index (χ4v) is 4.28. The number of likely N-dealkylation sites (tertiary alicyclic amines) is 1. The molecule has 22 heavy (non-hydrogen) atoms. The number of nitrogens with one attached hydrogen (secondary N) is 1. The first-order chi connectivity index (χ1) is 10.2. The molecule has 0 aromatic carbocycles. The zero-order valence-corrected chi connectivity index (χ0v) is 14.2. The summed E-state index contributed by atoms with van der Waals surface area (Å²) in [5.74, 6) is 0.459. The van der Waals surface area contributed by atoms with Crippen molar-refractivity contribution in [1.82, 2.24) is 10.2 Å². The van der Waals surface area contributed by atoms with Crippen LogP contribution in [-0.2, 0) is 9.53 Å². The molecule has 6 heteroatoms. The average Bonchev–Trinajstić information content (AvgIpc) is 2.55. The number of halogens is 1. The van der Waals surface area contributed by atoms with Crippen LogP contribution < -0.4 is 5.32 Å². The smallest absolute Gasteiger partial charge is 0.226 e. The van der Waals surface area contributed by atoms with Crippen molar-refractivity contribution < 1.29 is 14.6 Å². The number of aliphatic hydroxyl groups excluding tert-OH is 1. The summed E-state index contributed by atoms with van der Waals surface area (Å²) in [5, 5.41) is 13.5. The van der Waals surface area contributed by atoms with Crippen molar-refractivity contribution >= 4 is 18.3 Å². The second kappa shape index (κ2) is 7.47. The number of aliphatic hydroxyl groups is 1. The molecular formula is C16H29ClN2O3. The van der Waals surface area contributed by atoms with Gasteiger partial charge < -0.3 is 20.1 Å². The van der Waals surface area contributed by atoms with Crippen molar-refractivity contribution in [2.24, 2.45) is 11.3 Å². The Bertz CT molecular complexity index is 378. The quantitative estimate of drug-likeness (QED) is 0.815. The fraction of sp³-hybridized carbons (Fsp3) is 0.938. The molecule has 3 rings (SSSR count). The van der Waals surface area contributed by atoms with E-state index in [1.165, 1.54) is 0 Å². The average molecular weight is 333 g/mol. The predicted octanol–water partition coefficient (Wildman–Crippen LogP) is 1.19. The molecule has 2 heterocycles. The molecule has 1 aliphatic carbocycles. The van der Waals surface area contributed by atoms with Gasteiger partial charge in [-0.1, -0.05) is 0 Å². The highest BCUT2D eigenvalue weighted by Gasteiger charge is 2.56. The van der Waals surface area contributed by atoms with Crippen molar-refractivity contribution in [1.29, 1.82) is 0 Å². The minimum Gasteiger partial charge on any atom is -0.392 e. The van der Waals surface area contributed by atoms with Gasteiger partial charge in [0.25, 0.3) is 0 Å². The Morgan fingerprint density at radius 1 is 1.41 bits per heavy atom. The van der Waals surface area contributed by atoms with Gasteiger partial charge in [0.05, 0.1) is 18.1 Å². The highest BCUT2D eigenvalue weighted by atomic mass is 35.5. The summed E-state index contributed by atoms with van der Waals surface area (Å²) in [6, 6.07) is 0. The molecule has 2 N–H and O–H groups in total. The van der Waals surface area contributed by atoms with E-state index in [9.17, 15) is 9.90 Å². The first-order valence-electron chi connectivity index (χ1n) is 8.46. The molecule has 0 aromatic heterocycles. The zero-order chi connectivity index (χ0) is 14.9. The molecule has 1 saturated carbocycles. The van der Waals surface area contributed by atoms with Crippen LogP contribution in [0.15, 0.2) is 0 Å². The van der Waals surface area contributed by atoms with Gasteiger partial charge in [0, 0.05) is 38.1 Å². The van der Waals surface area contributed by atoms with Crippen molar-refractivity contribution in [2.75, 3.05) is 32.8 Å². The van der Waals surface area contributed by atoms with Gasteiger partial charge in [0.2, 0.25) is 5.91 Å². The minimum absolute atomic E-state index is 0. The SMILES string of the molecule is CCOC1CC(O)C12CCN(C(=O)C1CCCNC1)CC2.Cl. The summed E-state index contributed by atoms with van der Waals surface area (Å²) in [4.78, 5) is 14.6. The highest BCUT2D eigenvalue weighted by molar-refractivity contribution is 5.85. The van der Waals surface area contributed by atoms with E-state index in [-0.39, 0.29) is 35.9 Å². The number of piperidine rings is 2. The Morgan fingerprint density at radius 3 is 2.68 bits per heavy atom. The molecule has 3 atom stereocenters. The number of rotatable bonds is 3. The summed E-state index contributed by atoms with van der Waals surface area (Å²) < 4.78 is 5.78. The number of nitrogens with zero attached hydrogens (tertiary/aromatic N) is 1. The number of carbonyl (C=O) groups is 1. The normalized spacial score (nSPS) is 33.9. The van der Waals surface area contributed by atoms with Gasteiger partial charge in [-0.25, -0.2) is 0 Å². The lowest BCUT2D eigenvalue weighted by molar-refractivity contribution is -0.210. The van der Waals surface area contributed by atoms with Gasteiger partial charge in [-0.2, -0.15) is 0 Å². The van der Waals surface area contributed by atoms with Crippen LogP contribution in [0.2, 0.25) is 0 Å². The third-order valence-electron chi connectivity index (χ3n) is 5.76. The molecule has 0 bridgehead atoms. The second-order valence-corrected chi connectivity index (χ2v) is 6.80. The van der Waals surface area contributed by atoms with Crippen LogP contribution in [0.3, 0.4) is 0 Å². The van der Waals surface area contributed by atoms with Crippen LogP contribution in [0.25, 0.3) is 0 Å². The molecule has 128 valence electrons. The highest BCUT2D eigenvalue weighted by Crippen LogP contribution is 2.51. The molecule has 5 nitrogen and oxygen atoms in total. The molecule has 2 aliphatic heterocycles. The van der Waals surface area contributed by atoms with E-state index in [0.717, 1.165) is 58.3 Å². The molecule has 0 radical (unpaired) electrons. The number of hydrogen-bond acceptors (Lipinski definition) is 4. The van der Waals surface area contributed by atoms with Crippen molar-refractivity contribution in [3.8, 4) is 0 Å². The molecule has 0 aromatic rings. The molecule has 3 unspecified atom stereocenters. The maximum atomic E-state index is 12.6. The fourth-order valence-electron chi connectivity index (χ4n) is 4.28. The summed E-state index contributed by atoms with van der Waals surface area (Å²) in [6.07, 6.45) is 4.56. The van der Waals surface area contributed by atoms with Gasteiger partial charge >= 0.3 is 0 Å². The van der Waals surface area contributed by atoms with E-state index in [0.29, 0.717) is 12.5 Å². The summed E-state index contributed by atoms with van der Waals surface area (Å²) in [6.45, 7) is 6.12. The van der Waals surface area contributed by atoms with Gasteiger partial charge in [0.15, 0.2) is 0 Å². The second-order valence-electron chi connectivity index (χ2n) is 6.80. The number of carbonyl (C=O) groups excluding carboxylic acids is 1.